The first kappa shape index (κ1) is 12.2. The lowest BCUT2D eigenvalue weighted by molar-refractivity contribution is -0.173. The van der Waals surface area contributed by atoms with Crippen molar-refractivity contribution in [1.82, 2.24) is 5.06 Å². The Hall–Kier alpha value is -0.900. The lowest BCUT2D eigenvalue weighted by atomic mass is 9.93. The molecule has 0 radical (unpaired) electrons. The Labute approximate surface area is 90.5 Å². The van der Waals surface area contributed by atoms with Crippen molar-refractivity contribution < 1.29 is 14.4 Å². The van der Waals surface area contributed by atoms with Crippen molar-refractivity contribution in [1.29, 1.82) is 0 Å². The van der Waals surface area contributed by atoms with E-state index in [0.717, 1.165) is 12.8 Å². The zero-order valence-corrected chi connectivity index (χ0v) is 9.66. The molecule has 0 aromatic heterocycles. The van der Waals surface area contributed by atoms with Crippen molar-refractivity contribution in [3.05, 3.63) is 0 Å². The molecule has 86 valence electrons. The second kappa shape index (κ2) is 5.26. The summed E-state index contributed by atoms with van der Waals surface area (Å²) in [5.74, 6) is 0.211. The van der Waals surface area contributed by atoms with Gasteiger partial charge in [0.25, 0.3) is 0 Å². The molecule has 0 aromatic carbocycles. The van der Waals surface area contributed by atoms with Gasteiger partial charge in [-0.3, -0.25) is 14.4 Å². The van der Waals surface area contributed by atoms with Gasteiger partial charge in [-0.05, 0) is 19.3 Å². The molecular weight excluding hydrogens is 194 g/mol. The van der Waals surface area contributed by atoms with Crippen molar-refractivity contribution in [3.8, 4) is 0 Å². The van der Waals surface area contributed by atoms with Gasteiger partial charge < -0.3 is 0 Å². The Bertz CT molecular complexity index is 252. The van der Waals surface area contributed by atoms with E-state index in [-0.39, 0.29) is 17.7 Å². The molecular formula is C11H19NO3. The van der Waals surface area contributed by atoms with E-state index in [1.54, 1.807) is 7.05 Å². The lowest BCUT2D eigenvalue weighted by Crippen LogP contribution is -2.32. The van der Waals surface area contributed by atoms with E-state index < -0.39 is 0 Å². The van der Waals surface area contributed by atoms with Crippen LogP contribution in [0.2, 0.25) is 0 Å². The molecule has 1 fully saturated rings. The average molecular weight is 213 g/mol. The highest BCUT2D eigenvalue weighted by atomic mass is 16.7. The molecule has 4 nitrogen and oxygen atoms in total. The third kappa shape index (κ3) is 3.02. The molecule has 2 atom stereocenters. The number of ketones is 1. The van der Waals surface area contributed by atoms with Crippen LogP contribution in [0.1, 0.15) is 32.6 Å². The van der Waals surface area contributed by atoms with Crippen LogP contribution in [0.15, 0.2) is 0 Å². The number of nitrogens with zero attached hydrogens (tertiary/aromatic N) is 1. The van der Waals surface area contributed by atoms with Gasteiger partial charge in [-0.25, -0.2) is 5.06 Å². The van der Waals surface area contributed by atoms with Crippen molar-refractivity contribution in [3.63, 3.8) is 0 Å². The van der Waals surface area contributed by atoms with Gasteiger partial charge in [0, 0.05) is 25.3 Å². The Morgan fingerprint density at radius 2 is 2.33 bits per heavy atom. The van der Waals surface area contributed by atoms with Crippen LogP contribution in [0.4, 0.5) is 0 Å². The Morgan fingerprint density at radius 3 is 2.80 bits per heavy atom. The summed E-state index contributed by atoms with van der Waals surface area (Å²) in [6, 6.07) is 0. The Morgan fingerprint density at radius 1 is 1.67 bits per heavy atom. The number of amides is 1. The summed E-state index contributed by atoms with van der Waals surface area (Å²) < 4.78 is 0. The Kier molecular flexibility index (Phi) is 4.27. The van der Waals surface area contributed by atoms with Crippen LogP contribution in [-0.4, -0.2) is 30.9 Å². The number of carbonyl (C=O) groups excluding carboxylic acids is 2. The summed E-state index contributed by atoms with van der Waals surface area (Å²) in [4.78, 5) is 27.9. The van der Waals surface area contributed by atoms with E-state index >= 15 is 0 Å². The van der Waals surface area contributed by atoms with E-state index in [2.05, 4.69) is 0 Å². The predicted molar refractivity (Wildman–Crippen MR) is 55.9 cm³/mol. The van der Waals surface area contributed by atoms with Gasteiger partial charge in [-0.15, -0.1) is 0 Å². The minimum absolute atomic E-state index is 0.0581. The highest BCUT2D eigenvalue weighted by molar-refractivity contribution is 5.84. The zero-order valence-electron chi connectivity index (χ0n) is 9.66. The molecule has 0 saturated heterocycles. The van der Waals surface area contributed by atoms with Gasteiger partial charge in [0.1, 0.15) is 5.78 Å². The minimum Gasteiger partial charge on any atom is -0.299 e. The summed E-state index contributed by atoms with van der Waals surface area (Å²) >= 11 is 0. The standard InChI is InChI=1S/C11H19NO3/c1-8(11(14)12(2)15-3)7-9-5-4-6-10(9)13/h8-9H,4-7H2,1-3H3/t8-,9-/m0/s1. The Balaban J connectivity index is 2.44. The van der Waals surface area contributed by atoms with Crippen LogP contribution in [-0.2, 0) is 14.4 Å². The van der Waals surface area contributed by atoms with Crippen LogP contribution in [0, 0.1) is 11.8 Å². The summed E-state index contributed by atoms with van der Waals surface area (Å²) in [6.07, 6.45) is 3.26. The first-order chi connectivity index (χ1) is 7.06. The fraction of sp³-hybridized carbons (Fsp3) is 0.818. The minimum atomic E-state index is -0.137. The second-order valence-electron chi connectivity index (χ2n) is 4.21. The first-order valence-corrected chi connectivity index (χ1v) is 5.40. The quantitative estimate of drug-likeness (QED) is 0.663. The normalized spacial score (nSPS) is 22.9. The maximum Gasteiger partial charge on any atom is 0.248 e. The van der Waals surface area contributed by atoms with Crippen LogP contribution in [0.5, 0.6) is 0 Å². The molecule has 1 aliphatic carbocycles. The van der Waals surface area contributed by atoms with Gasteiger partial charge in [-0.1, -0.05) is 6.92 Å². The second-order valence-corrected chi connectivity index (χ2v) is 4.21. The van der Waals surface area contributed by atoms with E-state index in [1.165, 1.54) is 12.2 Å². The topological polar surface area (TPSA) is 46.6 Å². The lowest BCUT2D eigenvalue weighted by Gasteiger charge is -2.20. The average Bonchev–Trinajstić information content (AvgIpc) is 2.62. The molecule has 0 aromatic rings. The molecule has 0 N–H and O–H groups in total. The fourth-order valence-corrected chi connectivity index (χ4v) is 2.07. The number of hydrogen-bond donors (Lipinski definition) is 0. The molecule has 1 amide bonds. The van der Waals surface area contributed by atoms with Gasteiger partial charge >= 0.3 is 0 Å². The van der Waals surface area contributed by atoms with E-state index in [4.69, 9.17) is 4.84 Å². The maximum absolute atomic E-state index is 11.7. The van der Waals surface area contributed by atoms with Crippen molar-refractivity contribution in [2.75, 3.05) is 14.2 Å². The molecule has 1 saturated carbocycles. The van der Waals surface area contributed by atoms with Gasteiger partial charge in [0.2, 0.25) is 5.91 Å². The van der Waals surface area contributed by atoms with E-state index in [1.807, 2.05) is 6.92 Å². The first-order valence-electron chi connectivity index (χ1n) is 5.40. The molecule has 0 heterocycles. The number of rotatable bonds is 4. The third-order valence-electron chi connectivity index (χ3n) is 3.07. The highest BCUT2D eigenvalue weighted by Gasteiger charge is 2.29. The summed E-state index contributed by atoms with van der Waals surface area (Å²) in [5.41, 5.74) is 0. The molecule has 0 bridgehead atoms. The fourth-order valence-electron chi connectivity index (χ4n) is 2.07. The molecule has 15 heavy (non-hydrogen) atoms. The van der Waals surface area contributed by atoms with Gasteiger partial charge in [0.15, 0.2) is 0 Å². The molecule has 0 aliphatic heterocycles. The number of hydrogen-bond acceptors (Lipinski definition) is 3. The van der Waals surface area contributed by atoms with Gasteiger partial charge in [0.05, 0.1) is 7.11 Å². The monoisotopic (exact) mass is 213 g/mol. The zero-order chi connectivity index (χ0) is 11.4. The summed E-state index contributed by atoms with van der Waals surface area (Å²) in [6.45, 7) is 1.85. The van der Waals surface area contributed by atoms with Crippen LogP contribution >= 0.6 is 0 Å². The highest BCUT2D eigenvalue weighted by Crippen LogP contribution is 2.27. The number of Topliss-reactive ketones (excluding diaryl/α,β-unsaturated/α-hetero) is 1. The van der Waals surface area contributed by atoms with E-state index in [9.17, 15) is 9.59 Å². The SMILES string of the molecule is CON(C)C(=O)[C@@H](C)C[C@@H]1CCCC1=O. The van der Waals surface area contributed by atoms with Crippen molar-refractivity contribution >= 4 is 11.7 Å². The smallest absolute Gasteiger partial charge is 0.248 e. The van der Waals surface area contributed by atoms with Crippen LogP contribution in [0.3, 0.4) is 0 Å². The maximum atomic E-state index is 11.7. The van der Waals surface area contributed by atoms with Crippen LogP contribution in [0.25, 0.3) is 0 Å². The molecule has 4 heteroatoms. The summed E-state index contributed by atoms with van der Waals surface area (Å²) in [5, 5.41) is 1.23. The predicted octanol–water partition coefficient (Wildman–Crippen LogP) is 1.40. The van der Waals surface area contributed by atoms with E-state index in [0.29, 0.717) is 18.6 Å². The number of carbonyl (C=O) groups is 2. The number of hydroxylamine groups is 2. The van der Waals surface area contributed by atoms with Crippen molar-refractivity contribution in [2.45, 2.75) is 32.6 Å². The van der Waals surface area contributed by atoms with Crippen LogP contribution < -0.4 is 0 Å². The molecule has 0 spiro atoms. The summed E-state index contributed by atoms with van der Waals surface area (Å²) in [7, 11) is 3.06. The molecule has 1 aliphatic rings. The third-order valence-corrected chi connectivity index (χ3v) is 3.07. The molecule has 1 rings (SSSR count). The largest absolute Gasteiger partial charge is 0.299 e. The molecule has 0 unspecified atom stereocenters. The van der Waals surface area contributed by atoms with Gasteiger partial charge in [-0.2, -0.15) is 0 Å². The van der Waals surface area contributed by atoms with Crippen molar-refractivity contribution in [2.24, 2.45) is 11.8 Å².